The molecular formula is C18H19NOSe. The van der Waals surface area contributed by atoms with Crippen LogP contribution in [0.5, 0.6) is 0 Å². The van der Waals surface area contributed by atoms with Crippen molar-refractivity contribution in [3.63, 3.8) is 0 Å². The maximum atomic E-state index is 12.8. The second-order valence-electron chi connectivity index (χ2n) is 5.82. The van der Waals surface area contributed by atoms with E-state index in [2.05, 4.69) is 56.3 Å². The molecule has 1 amide bonds. The summed E-state index contributed by atoms with van der Waals surface area (Å²) >= 11 is 0.305. The molecule has 0 saturated heterocycles. The van der Waals surface area contributed by atoms with Crippen LogP contribution in [0.25, 0.3) is 0 Å². The minimum atomic E-state index is -0.381. The molecule has 0 saturated carbocycles. The van der Waals surface area contributed by atoms with E-state index < -0.39 is 0 Å². The Morgan fingerprint density at radius 1 is 1.14 bits per heavy atom. The number of nitrogens with zero attached hydrogens (tertiary/aromatic N) is 1. The standard InChI is InChI=1S/C18H19NOSe/c1-13-9-10-15-16(11-13)19(3)17(20)18(15,2)12-21-14-7-5-4-6-8-14/h4-11H,12H2,1-3H3/t18-/m0/s1. The van der Waals surface area contributed by atoms with Gasteiger partial charge in [-0.1, -0.05) is 0 Å². The summed E-state index contributed by atoms with van der Waals surface area (Å²) in [5.41, 5.74) is 3.07. The van der Waals surface area contributed by atoms with Gasteiger partial charge in [0.05, 0.1) is 0 Å². The van der Waals surface area contributed by atoms with Gasteiger partial charge in [0.15, 0.2) is 0 Å². The third-order valence-electron chi connectivity index (χ3n) is 4.16. The Hall–Kier alpha value is -1.57. The Morgan fingerprint density at radius 2 is 1.86 bits per heavy atom. The van der Waals surface area contributed by atoms with Gasteiger partial charge in [0, 0.05) is 0 Å². The van der Waals surface area contributed by atoms with E-state index in [4.69, 9.17) is 0 Å². The second kappa shape index (κ2) is 5.32. The van der Waals surface area contributed by atoms with Crippen LogP contribution in [0.3, 0.4) is 0 Å². The summed E-state index contributed by atoms with van der Waals surface area (Å²) in [5, 5.41) is 0.906. The molecule has 1 aliphatic heterocycles. The van der Waals surface area contributed by atoms with Crippen molar-refractivity contribution >= 4 is 31.0 Å². The summed E-state index contributed by atoms with van der Waals surface area (Å²) in [6.07, 6.45) is 0. The summed E-state index contributed by atoms with van der Waals surface area (Å²) in [7, 11) is 1.89. The number of rotatable bonds is 3. The van der Waals surface area contributed by atoms with Crippen molar-refractivity contribution in [2.75, 3.05) is 11.9 Å². The number of carbonyl (C=O) groups excluding carboxylic acids is 1. The fourth-order valence-electron chi connectivity index (χ4n) is 2.86. The zero-order chi connectivity index (χ0) is 15.0. The average molecular weight is 344 g/mol. The Morgan fingerprint density at radius 3 is 2.57 bits per heavy atom. The summed E-state index contributed by atoms with van der Waals surface area (Å²) in [5.74, 6) is 0.223. The van der Waals surface area contributed by atoms with Crippen molar-refractivity contribution in [3.8, 4) is 0 Å². The van der Waals surface area contributed by atoms with E-state index in [1.54, 1.807) is 0 Å². The molecule has 0 fully saturated rings. The van der Waals surface area contributed by atoms with E-state index in [1.165, 1.54) is 15.6 Å². The van der Waals surface area contributed by atoms with Gasteiger partial charge in [0.1, 0.15) is 0 Å². The van der Waals surface area contributed by atoms with Crippen molar-refractivity contribution in [1.29, 1.82) is 0 Å². The second-order valence-corrected chi connectivity index (χ2v) is 8.02. The molecule has 108 valence electrons. The molecule has 0 unspecified atom stereocenters. The predicted molar refractivity (Wildman–Crippen MR) is 88.6 cm³/mol. The number of likely N-dealkylation sites (N-methyl/N-ethyl adjacent to an activating group) is 1. The molecule has 2 aromatic carbocycles. The Bertz CT molecular complexity index is 683. The molecule has 0 N–H and O–H groups in total. The first-order chi connectivity index (χ1) is 10.0. The number of amides is 1. The van der Waals surface area contributed by atoms with E-state index >= 15 is 0 Å². The molecule has 0 bridgehead atoms. The molecule has 3 heteroatoms. The molecule has 2 aromatic rings. The van der Waals surface area contributed by atoms with E-state index in [0.717, 1.165) is 11.0 Å². The van der Waals surface area contributed by atoms with Gasteiger partial charge in [-0.25, -0.2) is 0 Å². The average Bonchev–Trinajstić information content (AvgIpc) is 2.69. The molecular weight excluding hydrogens is 325 g/mol. The number of hydrogen-bond acceptors (Lipinski definition) is 1. The molecule has 1 heterocycles. The molecule has 0 radical (unpaired) electrons. The van der Waals surface area contributed by atoms with Gasteiger partial charge in [-0.2, -0.15) is 0 Å². The summed E-state index contributed by atoms with van der Waals surface area (Å²) in [4.78, 5) is 14.6. The SMILES string of the molecule is Cc1ccc2c(c1)N(C)C(=O)[C@@]2(C)C[Se]c1ccccc1. The zero-order valence-corrected chi connectivity index (χ0v) is 14.3. The Balaban J connectivity index is 1.92. The summed E-state index contributed by atoms with van der Waals surface area (Å²) in [6.45, 7) is 4.17. The Labute approximate surface area is 132 Å². The molecule has 0 aliphatic carbocycles. The van der Waals surface area contributed by atoms with E-state index in [0.29, 0.717) is 15.0 Å². The van der Waals surface area contributed by atoms with Gasteiger partial charge in [0.25, 0.3) is 0 Å². The number of anilines is 1. The van der Waals surface area contributed by atoms with Crippen LogP contribution in [0.1, 0.15) is 18.1 Å². The van der Waals surface area contributed by atoms with E-state index in [9.17, 15) is 4.79 Å². The topological polar surface area (TPSA) is 20.3 Å². The van der Waals surface area contributed by atoms with Crippen LogP contribution in [0.15, 0.2) is 48.5 Å². The van der Waals surface area contributed by atoms with Crippen LogP contribution in [-0.2, 0) is 10.2 Å². The molecule has 0 spiro atoms. The predicted octanol–water partition coefficient (Wildman–Crippen LogP) is 2.68. The normalized spacial score (nSPS) is 20.7. The molecule has 0 aromatic heterocycles. The quantitative estimate of drug-likeness (QED) is 0.784. The van der Waals surface area contributed by atoms with Crippen LogP contribution in [0.4, 0.5) is 5.69 Å². The van der Waals surface area contributed by atoms with Gasteiger partial charge in [-0.05, 0) is 0 Å². The van der Waals surface area contributed by atoms with Crippen molar-refractivity contribution in [1.82, 2.24) is 0 Å². The van der Waals surface area contributed by atoms with Crippen molar-refractivity contribution < 1.29 is 4.79 Å². The summed E-state index contributed by atoms with van der Waals surface area (Å²) in [6, 6.07) is 16.8. The van der Waals surface area contributed by atoms with Crippen LogP contribution in [0, 0.1) is 6.92 Å². The Kier molecular flexibility index (Phi) is 3.64. The summed E-state index contributed by atoms with van der Waals surface area (Å²) < 4.78 is 1.35. The van der Waals surface area contributed by atoms with E-state index in [1.807, 2.05) is 18.0 Å². The molecule has 2 nitrogen and oxygen atoms in total. The van der Waals surface area contributed by atoms with Crippen molar-refractivity contribution in [2.24, 2.45) is 0 Å². The van der Waals surface area contributed by atoms with Crippen LogP contribution >= 0.6 is 0 Å². The third kappa shape index (κ3) is 2.41. The minimum absolute atomic E-state index is 0.223. The monoisotopic (exact) mass is 345 g/mol. The fraction of sp³-hybridized carbons (Fsp3) is 0.278. The van der Waals surface area contributed by atoms with Gasteiger partial charge in [-0.3, -0.25) is 0 Å². The fourth-order valence-corrected chi connectivity index (χ4v) is 5.14. The van der Waals surface area contributed by atoms with Crippen molar-refractivity contribution in [3.05, 3.63) is 59.7 Å². The first-order valence-corrected chi connectivity index (χ1v) is 9.16. The van der Waals surface area contributed by atoms with Gasteiger partial charge in [-0.15, -0.1) is 0 Å². The van der Waals surface area contributed by atoms with Crippen molar-refractivity contribution in [2.45, 2.75) is 24.6 Å². The third-order valence-corrected chi connectivity index (χ3v) is 6.94. The molecule has 1 atom stereocenters. The number of fused-ring (bicyclic) bond motifs is 1. The maximum absolute atomic E-state index is 12.8. The van der Waals surface area contributed by atoms with Gasteiger partial charge >= 0.3 is 132 Å². The van der Waals surface area contributed by atoms with Crippen LogP contribution < -0.4 is 9.36 Å². The first kappa shape index (κ1) is 14.4. The first-order valence-electron chi connectivity index (χ1n) is 7.09. The van der Waals surface area contributed by atoms with Gasteiger partial charge < -0.3 is 0 Å². The van der Waals surface area contributed by atoms with Gasteiger partial charge in [0.2, 0.25) is 0 Å². The number of carbonyl (C=O) groups is 1. The number of benzene rings is 2. The van der Waals surface area contributed by atoms with Crippen LogP contribution in [0.2, 0.25) is 5.32 Å². The molecule has 1 aliphatic rings. The number of aryl methyl sites for hydroxylation is 1. The number of hydrogen-bond donors (Lipinski definition) is 0. The zero-order valence-electron chi connectivity index (χ0n) is 12.6. The molecule has 3 rings (SSSR count). The van der Waals surface area contributed by atoms with Crippen LogP contribution in [-0.4, -0.2) is 27.9 Å². The van der Waals surface area contributed by atoms with E-state index in [-0.39, 0.29) is 11.3 Å². The molecule has 21 heavy (non-hydrogen) atoms.